The van der Waals surface area contributed by atoms with Crippen LogP contribution in [0.15, 0.2) is 42.6 Å². The molecule has 1 aliphatic heterocycles. The molecule has 1 atom stereocenters. The van der Waals surface area contributed by atoms with Crippen molar-refractivity contribution in [2.24, 2.45) is 0 Å². The average molecular weight is 325 g/mol. The fourth-order valence-electron chi connectivity index (χ4n) is 2.96. The molecular weight excluding hydrogens is 302 g/mol. The van der Waals surface area contributed by atoms with Crippen LogP contribution in [0.2, 0.25) is 0 Å². The van der Waals surface area contributed by atoms with Crippen molar-refractivity contribution in [3.05, 3.63) is 53.9 Å². The first-order chi connectivity index (χ1) is 11.6. The Labute approximate surface area is 142 Å². The lowest BCUT2D eigenvalue weighted by Gasteiger charge is -2.37. The number of carbonyl (C=O) groups excluding carboxylic acids is 1. The summed E-state index contributed by atoms with van der Waals surface area (Å²) in [6.07, 6.45) is 5.19. The molecule has 0 aliphatic carbocycles. The summed E-state index contributed by atoms with van der Waals surface area (Å²) in [4.78, 5) is 16.5. The predicted molar refractivity (Wildman–Crippen MR) is 93.3 cm³/mol. The highest BCUT2D eigenvalue weighted by atomic mass is 16.2. The molecule has 1 amide bonds. The van der Waals surface area contributed by atoms with E-state index >= 15 is 0 Å². The van der Waals surface area contributed by atoms with Crippen LogP contribution in [-0.4, -0.2) is 63.4 Å². The molecule has 2 aromatic rings. The number of benzene rings is 1. The van der Waals surface area contributed by atoms with Crippen LogP contribution in [0.3, 0.4) is 0 Å². The first kappa shape index (κ1) is 16.4. The number of rotatable bonds is 4. The molecular formula is C18H23N5O. The molecule has 3 rings (SSSR count). The first-order valence-corrected chi connectivity index (χ1v) is 8.23. The summed E-state index contributed by atoms with van der Waals surface area (Å²) in [5.41, 5.74) is 1.86. The normalized spacial score (nSPS) is 19.1. The van der Waals surface area contributed by atoms with Crippen LogP contribution >= 0.6 is 0 Å². The van der Waals surface area contributed by atoms with E-state index in [2.05, 4.69) is 41.3 Å². The number of carbonyl (C=O) groups is 1. The van der Waals surface area contributed by atoms with E-state index in [1.54, 1.807) is 16.8 Å². The van der Waals surface area contributed by atoms with Gasteiger partial charge in [0.2, 0.25) is 5.91 Å². The van der Waals surface area contributed by atoms with E-state index in [1.165, 1.54) is 5.56 Å². The zero-order valence-corrected chi connectivity index (χ0v) is 14.2. The number of hydrogen-bond donors (Lipinski definition) is 0. The molecule has 1 saturated heterocycles. The van der Waals surface area contributed by atoms with Gasteiger partial charge in [-0.2, -0.15) is 0 Å². The van der Waals surface area contributed by atoms with Crippen LogP contribution in [0, 0.1) is 0 Å². The standard InChI is InChI=1S/C18H23N5O/c1-15-12-21(2)10-11-23(15)18(24)9-8-17-14-22(20-19-17)13-16-6-4-3-5-7-16/h3-9,14-15H,10-13H2,1-2H3/b9-8+. The molecule has 126 valence electrons. The smallest absolute Gasteiger partial charge is 0.246 e. The van der Waals surface area contributed by atoms with E-state index in [0.717, 1.165) is 19.6 Å². The van der Waals surface area contributed by atoms with Gasteiger partial charge in [-0.15, -0.1) is 5.10 Å². The molecule has 1 aromatic heterocycles. The van der Waals surface area contributed by atoms with Crippen molar-refractivity contribution in [1.29, 1.82) is 0 Å². The van der Waals surface area contributed by atoms with Gasteiger partial charge in [0.15, 0.2) is 0 Å². The highest BCUT2D eigenvalue weighted by Crippen LogP contribution is 2.09. The van der Waals surface area contributed by atoms with E-state index in [-0.39, 0.29) is 11.9 Å². The van der Waals surface area contributed by atoms with Crippen molar-refractivity contribution in [1.82, 2.24) is 24.8 Å². The molecule has 0 bridgehead atoms. The Kier molecular flexibility index (Phi) is 5.05. The van der Waals surface area contributed by atoms with Crippen LogP contribution in [0.4, 0.5) is 0 Å². The number of nitrogens with zero attached hydrogens (tertiary/aromatic N) is 5. The lowest BCUT2D eigenvalue weighted by molar-refractivity contribution is -0.130. The number of piperazine rings is 1. The van der Waals surface area contributed by atoms with E-state index < -0.39 is 0 Å². The molecule has 24 heavy (non-hydrogen) atoms. The quantitative estimate of drug-likeness (QED) is 0.800. The van der Waals surface area contributed by atoms with Crippen molar-refractivity contribution in [2.45, 2.75) is 19.5 Å². The zero-order chi connectivity index (χ0) is 16.9. The van der Waals surface area contributed by atoms with E-state index in [1.807, 2.05) is 29.3 Å². The SMILES string of the molecule is CC1CN(C)CCN1C(=O)/C=C/c1cn(Cc2ccccc2)nn1. The molecule has 0 radical (unpaired) electrons. The van der Waals surface area contributed by atoms with Crippen molar-refractivity contribution in [3.63, 3.8) is 0 Å². The maximum absolute atomic E-state index is 12.4. The van der Waals surface area contributed by atoms with Crippen LogP contribution in [-0.2, 0) is 11.3 Å². The summed E-state index contributed by atoms with van der Waals surface area (Å²) < 4.78 is 1.78. The minimum absolute atomic E-state index is 0.0354. The van der Waals surface area contributed by atoms with Gasteiger partial charge in [-0.1, -0.05) is 35.5 Å². The van der Waals surface area contributed by atoms with E-state index in [9.17, 15) is 4.79 Å². The third-order valence-corrected chi connectivity index (χ3v) is 4.25. The third kappa shape index (κ3) is 4.08. The Morgan fingerprint density at radius 1 is 1.29 bits per heavy atom. The van der Waals surface area contributed by atoms with Crippen LogP contribution in [0.1, 0.15) is 18.2 Å². The van der Waals surface area contributed by atoms with Crippen molar-refractivity contribution < 1.29 is 4.79 Å². The zero-order valence-electron chi connectivity index (χ0n) is 14.2. The average Bonchev–Trinajstić information content (AvgIpc) is 3.01. The second-order valence-electron chi connectivity index (χ2n) is 6.30. The Hall–Kier alpha value is -2.47. The minimum Gasteiger partial charge on any atom is -0.334 e. The number of hydrogen-bond acceptors (Lipinski definition) is 4. The summed E-state index contributed by atoms with van der Waals surface area (Å²) in [6.45, 7) is 5.34. The Bertz CT molecular complexity index is 709. The van der Waals surface area contributed by atoms with E-state index in [0.29, 0.717) is 12.2 Å². The van der Waals surface area contributed by atoms with Gasteiger partial charge in [0, 0.05) is 31.8 Å². The molecule has 1 aliphatic rings. The van der Waals surface area contributed by atoms with Crippen molar-refractivity contribution in [3.8, 4) is 0 Å². The monoisotopic (exact) mass is 325 g/mol. The van der Waals surface area contributed by atoms with Gasteiger partial charge < -0.3 is 9.80 Å². The molecule has 6 heteroatoms. The van der Waals surface area contributed by atoms with Crippen LogP contribution < -0.4 is 0 Å². The number of likely N-dealkylation sites (N-methyl/N-ethyl adjacent to an activating group) is 1. The Morgan fingerprint density at radius 3 is 2.83 bits per heavy atom. The lowest BCUT2D eigenvalue weighted by Crippen LogP contribution is -2.52. The van der Waals surface area contributed by atoms with Crippen molar-refractivity contribution in [2.75, 3.05) is 26.7 Å². The van der Waals surface area contributed by atoms with Crippen LogP contribution in [0.25, 0.3) is 6.08 Å². The Morgan fingerprint density at radius 2 is 2.08 bits per heavy atom. The maximum Gasteiger partial charge on any atom is 0.246 e. The molecule has 1 aromatic carbocycles. The summed E-state index contributed by atoms with van der Waals surface area (Å²) in [5.74, 6) is 0.0354. The summed E-state index contributed by atoms with van der Waals surface area (Å²) in [6, 6.07) is 10.3. The number of aromatic nitrogens is 3. The van der Waals surface area contributed by atoms with Gasteiger partial charge in [-0.05, 0) is 25.6 Å². The van der Waals surface area contributed by atoms with Gasteiger partial charge in [-0.25, -0.2) is 4.68 Å². The fourth-order valence-corrected chi connectivity index (χ4v) is 2.96. The van der Waals surface area contributed by atoms with Gasteiger partial charge in [0.05, 0.1) is 12.7 Å². The third-order valence-electron chi connectivity index (χ3n) is 4.25. The molecule has 0 saturated carbocycles. The molecule has 6 nitrogen and oxygen atoms in total. The largest absolute Gasteiger partial charge is 0.334 e. The fraction of sp³-hybridized carbons (Fsp3) is 0.389. The Balaban J connectivity index is 1.60. The molecule has 1 fully saturated rings. The minimum atomic E-state index is 0.0354. The highest BCUT2D eigenvalue weighted by molar-refractivity contribution is 5.91. The lowest BCUT2D eigenvalue weighted by atomic mass is 10.2. The molecule has 1 unspecified atom stereocenters. The van der Waals surface area contributed by atoms with Crippen molar-refractivity contribution >= 4 is 12.0 Å². The second kappa shape index (κ2) is 7.40. The van der Waals surface area contributed by atoms with Gasteiger partial charge >= 0.3 is 0 Å². The second-order valence-corrected chi connectivity index (χ2v) is 6.30. The molecule has 0 N–H and O–H groups in total. The highest BCUT2D eigenvalue weighted by Gasteiger charge is 2.24. The van der Waals surface area contributed by atoms with Gasteiger partial charge in [0.25, 0.3) is 0 Å². The first-order valence-electron chi connectivity index (χ1n) is 8.23. The molecule has 2 heterocycles. The summed E-state index contributed by atoms with van der Waals surface area (Å²) in [5, 5.41) is 8.22. The molecule has 0 spiro atoms. The van der Waals surface area contributed by atoms with Gasteiger partial charge in [-0.3, -0.25) is 4.79 Å². The maximum atomic E-state index is 12.4. The summed E-state index contributed by atoms with van der Waals surface area (Å²) in [7, 11) is 2.08. The van der Waals surface area contributed by atoms with Gasteiger partial charge in [0.1, 0.15) is 5.69 Å². The number of amides is 1. The van der Waals surface area contributed by atoms with Crippen LogP contribution in [0.5, 0.6) is 0 Å². The topological polar surface area (TPSA) is 54.3 Å². The summed E-state index contributed by atoms with van der Waals surface area (Å²) >= 11 is 0. The van der Waals surface area contributed by atoms with E-state index in [4.69, 9.17) is 0 Å². The predicted octanol–water partition coefficient (Wildman–Crippen LogP) is 1.50.